The van der Waals surface area contributed by atoms with Crippen LogP contribution in [-0.4, -0.2) is 25.2 Å². The number of amides is 1. The highest BCUT2D eigenvalue weighted by atomic mass is 16.5. The third-order valence-corrected chi connectivity index (χ3v) is 3.54. The molecule has 1 aromatic rings. The number of carbonyl (C=O) groups is 1. The minimum absolute atomic E-state index is 0.0248. The number of carbonyl (C=O) groups excluding carboxylic acids is 1. The Kier molecular flexibility index (Phi) is 3.19. The van der Waals surface area contributed by atoms with Crippen LogP contribution in [0.2, 0.25) is 0 Å². The van der Waals surface area contributed by atoms with Gasteiger partial charge in [0.05, 0.1) is 0 Å². The molecule has 0 unspecified atom stereocenters. The monoisotopic (exact) mass is 246 g/mol. The van der Waals surface area contributed by atoms with Crippen molar-refractivity contribution in [2.24, 2.45) is 0 Å². The van der Waals surface area contributed by atoms with Gasteiger partial charge in [-0.1, -0.05) is 6.07 Å². The molecule has 0 radical (unpaired) electrons. The van der Waals surface area contributed by atoms with Crippen LogP contribution in [0.25, 0.3) is 0 Å². The molecule has 1 aromatic carbocycles. The van der Waals surface area contributed by atoms with E-state index in [0.717, 1.165) is 37.2 Å². The molecule has 4 heteroatoms. The number of benzene rings is 1. The number of hydrogen-bond acceptors (Lipinski definition) is 3. The molecule has 0 spiro atoms. The Morgan fingerprint density at radius 1 is 1.39 bits per heavy atom. The number of ether oxygens (including phenoxy) is 1. The zero-order valence-corrected chi connectivity index (χ0v) is 10.4. The zero-order chi connectivity index (χ0) is 12.4. The van der Waals surface area contributed by atoms with E-state index in [1.54, 1.807) is 0 Å². The number of nitrogens with one attached hydrogen (secondary N) is 2. The van der Waals surface area contributed by atoms with Crippen molar-refractivity contribution >= 4 is 17.3 Å². The van der Waals surface area contributed by atoms with Crippen molar-refractivity contribution in [2.75, 3.05) is 23.8 Å². The fraction of sp³-hybridized carbons (Fsp3) is 0.500. The molecule has 18 heavy (non-hydrogen) atoms. The SMILES string of the molecule is O=C(Nc1ccc2c(c1)NCCC2)[C@H]1CCCO1. The Hall–Kier alpha value is -1.55. The molecule has 2 aliphatic heterocycles. The van der Waals surface area contributed by atoms with Crippen molar-refractivity contribution in [3.63, 3.8) is 0 Å². The van der Waals surface area contributed by atoms with Crippen molar-refractivity contribution in [3.8, 4) is 0 Å². The lowest BCUT2D eigenvalue weighted by Crippen LogP contribution is -2.27. The average Bonchev–Trinajstić information content (AvgIpc) is 2.92. The first-order valence-electron chi connectivity index (χ1n) is 6.62. The summed E-state index contributed by atoms with van der Waals surface area (Å²) in [6.07, 6.45) is 3.82. The molecule has 2 N–H and O–H groups in total. The van der Waals surface area contributed by atoms with Gasteiger partial charge in [0.15, 0.2) is 0 Å². The Morgan fingerprint density at radius 2 is 2.33 bits per heavy atom. The number of anilines is 2. The Bertz CT molecular complexity index is 453. The molecule has 0 aromatic heterocycles. The first-order valence-corrected chi connectivity index (χ1v) is 6.62. The van der Waals surface area contributed by atoms with E-state index in [-0.39, 0.29) is 12.0 Å². The minimum atomic E-state index is -0.269. The van der Waals surface area contributed by atoms with Gasteiger partial charge in [0.25, 0.3) is 5.91 Å². The van der Waals surface area contributed by atoms with E-state index in [1.165, 1.54) is 12.0 Å². The maximum atomic E-state index is 11.9. The van der Waals surface area contributed by atoms with Gasteiger partial charge in [-0.05, 0) is 43.4 Å². The van der Waals surface area contributed by atoms with Gasteiger partial charge in [0.2, 0.25) is 0 Å². The fourth-order valence-electron chi connectivity index (χ4n) is 2.55. The summed E-state index contributed by atoms with van der Waals surface area (Å²) < 4.78 is 5.37. The standard InChI is InChI=1S/C14H18N2O2/c17-14(13-4-2-8-18-13)16-11-6-5-10-3-1-7-15-12(10)9-11/h5-6,9,13,15H,1-4,7-8H2,(H,16,17)/t13-/m1/s1. The van der Waals surface area contributed by atoms with Crippen LogP contribution in [0.1, 0.15) is 24.8 Å². The highest BCUT2D eigenvalue weighted by molar-refractivity contribution is 5.94. The second kappa shape index (κ2) is 4.98. The summed E-state index contributed by atoms with van der Waals surface area (Å²) in [6, 6.07) is 6.08. The number of aryl methyl sites for hydroxylation is 1. The van der Waals surface area contributed by atoms with E-state index in [2.05, 4.69) is 16.7 Å². The van der Waals surface area contributed by atoms with Crippen molar-refractivity contribution in [2.45, 2.75) is 31.8 Å². The second-order valence-electron chi connectivity index (χ2n) is 4.89. The maximum Gasteiger partial charge on any atom is 0.253 e. The van der Waals surface area contributed by atoms with Crippen LogP contribution < -0.4 is 10.6 Å². The lowest BCUT2D eigenvalue weighted by atomic mass is 10.0. The number of rotatable bonds is 2. The normalized spacial score (nSPS) is 22.1. The molecule has 96 valence electrons. The van der Waals surface area contributed by atoms with Crippen molar-refractivity contribution < 1.29 is 9.53 Å². The lowest BCUT2D eigenvalue weighted by Gasteiger charge is -2.19. The van der Waals surface area contributed by atoms with Crippen LogP contribution in [0.15, 0.2) is 18.2 Å². The van der Waals surface area contributed by atoms with Gasteiger partial charge >= 0.3 is 0 Å². The molecule has 2 heterocycles. The summed E-state index contributed by atoms with van der Waals surface area (Å²) in [5, 5.41) is 6.29. The highest BCUT2D eigenvalue weighted by Gasteiger charge is 2.23. The maximum absolute atomic E-state index is 11.9. The van der Waals surface area contributed by atoms with Gasteiger partial charge in [0, 0.05) is 24.5 Å². The van der Waals surface area contributed by atoms with Crippen LogP contribution in [0, 0.1) is 0 Å². The zero-order valence-electron chi connectivity index (χ0n) is 10.4. The van der Waals surface area contributed by atoms with Gasteiger partial charge in [-0.15, -0.1) is 0 Å². The first kappa shape index (κ1) is 11.5. The fourth-order valence-corrected chi connectivity index (χ4v) is 2.55. The molecular formula is C14H18N2O2. The van der Waals surface area contributed by atoms with Crippen molar-refractivity contribution in [1.29, 1.82) is 0 Å². The third-order valence-electron chi connectivity index (χ3n) is 3.54. The van der Waals surface area contributed by atoms with E-state index in [1.807, 2.05) is 12.1 Å². The summed E-state index contributed by atoms with van der Waals surface area (Å²) in [4.78, 5) is 11.9. The summed E-state index contributed by atoms with van der Waals surface area (Å²) >= 11 is 0. The topological polar surface area (TPSA) is 50.4 Å². The van der Waals surface area contributed by atoms with Gasteiger partial charge in [0.1, 0.15) is 6.10 Å². The van der Waals surface area contributed by atoms with E-state index in [9.17, 15) is 4.79 Å². The molecule has 4 nitrogen and oxygen atoms in total. The molecule has 1 saturated heterocycles. The largest absolute Gasteiger partial charge is 0.385 e. The Balaban J connectivity index is 1.70. The molecule has 3 rings (SSSR count). The molecular weight excluding hydrogens is 228 g/mol. The molecule has 0 aliphatic carbocycles. The van der Waals surface area contributed by atoms with Crippen molar-refractivity contribution in [3.05, 3.63) is 23.8 Å². The summed E-state index contributed by atoms with van der Waals surface area (Å²) in [6.45, 7) is 1.71. The summed E-state index contributed by atoms with van der Waals surface area (Å²) in [5.41, 5.74) is 3.33. The van der Waals surface area contributed by atoms with E-state index >= 15 is 0 Å². The second-order valence-corrected chi connectivity index (χ2v) is 4.89. The first-order chi connectivity index (χ1) is 8.83. The van der Waals surface area contributed by atoms with Gasteiger partial charge in [-0.25, -0.2) is 0 Å². The predicted molar refractivity (Wildman–Crippen MR) is 70.9 cm³/mol. The molecule has 0 bridgehead atoms. The lowest BCUT2D eigenvalue weighted by molar-refractivity contribution is -0.124. The third kappa shape index (κ3) is 2.34. The van der Waals surface area contributed by atoms with Crippen LogP contribution >= 0.6 is 0 Å². The molecule has 1 fully saturated rings. The Labute approximate surface area is 107 Å². The summed E-state index contributed by atoms with van der Waals surface area (Å²) in [7, 11) is 0. The molecule has 2 aliphatic rings. The number of fused-ring (bicyclic) bond motifs is 1. The predicted octanol–water partition coefficient (Wildman–Crippen LogP) is 2.16. The number of hydrogen-bond donors (Lipinski definition) is 2. The van der Waals surface area contributed by atoms with Gasteiger partial charge in [-0.2, -0.15) is 0 Å². The van der Waals surface area contributed by atoms with Crippen molar-refractivity contribution in [1.82, 2.24) is 0 Å². The van der Waals surface area contributed by atoms with E-state index in [4.69, 9.17) is 4.74 Å². The van der Waals surface area contributed by atoms with Gasteiger partial charge < -0.3 is 15.4 Å². The van der Waals surface area contributed by atoms with Gasteiger partial charge in [-0.3, -0.25) is 4.79 Å². The Morgan fingerprint density at radius 3 is 3.17 bits per heavy atom. The highest BCUT2D eigenvalue weighted by Crippen LogP contribution is 2.25. The average molecular weight is 246 g/mol. The molecule has 1 atom stereocenters. The smallest absolute Gasteiger partial charge is 0.253 e. The molecule has 1 amide bonds. The van der Waals surface area contributed by atoms with Crippen LogP contribution in [-0.2, 0) is 16.0 Å². The van der Waals surface area contributed by atoms with Crippen LogP contribution in [0.5, 0.6) is 0 Å². The molecule has 0 saturated carbocycles. The van der Waals surface area contributed by atoms with Crippen LogP contribution in [0.3, 0.4) is 0 Å². The minimum Gasteiger partial charge on any atom is -0.385 e. The quantitative estimate of drug-likeness (QED) is 0.840. The van der Waals surface area contributed by atoms with E-state index < -0.39 is 0 Å². The summed E-state index contributed by atoms with van der Waals surface area (Å²) in [5.74, 6) is -0.0248. The van der Waals surface area contributed by atoms with Crippen LogP contribution in [0.4, 0.5) is 11.4 Å². The van der Waals surface area contributed by atoms with E-state index in [0.29, 0.717) is 6.61 Å².